The van der Waals surface area contributed by atoms with Gasteiger partial charge in [-0.1, -0.05) is 59.8 Å². The van der Waals surface area contributed by atoms with Crippen molar-refractivity contribution in [2.45, 2.75) is 12.6 Å². The first-order chi connectivity index (χ1) is 16.3. The van der Waals surface area contributed by atoms with Crippen LogP contribution in [-0.2, 0) is 11.3 Å². The van der Waals surface area contributed by atoms with Crippen molar-refractivity contribution in [2.75, 3.05) is 32.8 Å². The number of hydrogen-bond acceptors (Lipinski definition) is 5. The maximum atomic E-state index is 12.9. The first kappa shape index (κ1) is 21.3. The molecule has 2 heterocycles. The van der Waals surface area contributed by atoms with Crippen LogP contribution >= 0.6 is 0 Å². The van der Waals surface area contributed by atoms with Crippen molar-refractivity contribution >= 4 is 16.9 Å². The summed E-state index contributed by atoms with van der Waals surface area (Å²) in [4.78, 5) is 15.3. The van der Waals surface area contributed by atoms with Crippen LogP contribution in [0.15, 0.2) is 78.9 Å². The Morgan fingerprint density at radius 3 is 2.45 bits per heavy atom. The number of carbonyl (C=O) groups excluding carboxylic acids is 1. The van der Waals surface area contributed by atoms with Crippen LogP contribution < -0.4 is 5.32 Å². The molecule has 1 amide bonds. The molecule has 1 N–H and O–H groups in total. The van der Waals surface area contributed by atoms with Gasteiger partial charge in [-0.25, -0.2) is 4.68 Å². The van der Waals surface area contributed by atoms with Crippen molar-refractivity contribution in [2.24, 2.45) is 0 Å². The normalized spacial score (nSPS) is 15.4. The maximum Gasteiger partial charge on any atom is 0.251 e. The Morgan fingerprint density at radius 1 is 0.939 bits per heavy atom. The number of carbonyl (C=O) groups is 1. The molecule has 4 aromatic rings. The number of hydrogen-bond donors (Lipinski definition) is 1. The van der Waals surface area contributed by atoms with E-state index in [2.05, 4.69) is 32.7 Å². The number of nitrogens with zero attached hydrogens (tertiary/aromatic N) is 4. The number of nitrogens with one attached hydrogen (secondary N) is 1. The lowest BCUT2D eigenvalue weighted by Gasteiger charge is -2.35. The Morgan fingerprint density at radius 2 is 1.67 bits per heavy atom. The minimum absolute atomic E-state index is 0.0676. The van der Waals surface area contributed by atoms with Crippen molar-refractivity contribution in [3.63, 3.8) is 0 Å². The zero-order chi connectivity index (χ0) is 22.5. The SMILES string of the molecule is O=C(NCC(c1ccccc1)N1CCOCC1)c1ccc(Cn2nnc3ccccc32)cc1. The van der Waals surface area contributed by atoms with Gasteiger partial charge in [0.1, 0.15) is 5.52 Å². The zero-order valence-electron chi connectivity index (χ0n) is 18.4. The highest BCUT2D eigenvalue weighted by atomic mass is 16.5. The van der Waals surface area contributed by atoms with E-state index < -0.39 is 0 Å². The molecule has 0 bridgehead atoms. The molecule has 7 nitrogen and oxygen atoms in total. The highest BCUT2D eigenvalue weighted by Crippen LogP contribution is 2.21. The smallest absolute Gasteiger partial charge is 0.251 e. The van der Waals surface area contributed by atoms with Gasteiger partial charge in [-0.15, -0.1) is 5.10 Å². The van der Waals surface area contributed by atoms with E-state index in [1.165, 1.54) is 5.56 Å². The van der Waals surface area contributed by atoms with Gasteiger partial charge in [-0.3, -0.25) is 9.69 Å². The standard InChI is InChI=1S/C26H27N5O2/c32-26(27-18-25(21-6-2-1-3-7-21)30-14-16-33-17-15-30)22-12-10-20(11-13-22)19-31-24-9-5-4-8-23(24)28-29-31/h1-13,25H,14-19H2,(H,27,32). The van der Waals surface area contributed by atoms with Crippen molar-refractivity contribution in [1.82, 2.24) is 25.2 Å². The minimum atomic E-state index is -0.0676. The number of benzene rings is 3. The fraction of sp³-hybridized carbons (Fsp3) is 0.269. The van der Waals surface area contributed by atoms with E-state index in [0.717, 1.165) is 42.9 Å². The number of rotatable bonds is 7. The van der Waals surface area contributed by atoms with Crippen LogP contribution in [0.3, 0.4) is 0 Å². The van der Waals surface area contributed by atoms with E-state index in [-0.39, 0.29) is 11.9 Å². The second-order valence-electron chi connectivity index (χ2n) is 8.22. The van der Waals surface area contributed by atoms with Crippen molar-refractivity contribution < 1.29 is 9.53 Å². The van der Waals surface area contributed by atoms with Gasteiger partial charge < -0.3 is 10.1 Å². The number of fused-ring (bicyclic) bond motifs is 1. The summed E-state index contributed by atoms with van der Waals surface area (Å²) in [5.41, 5.74) is 4.79. The van der Waals surface area contributed by atoms with Crippen molar-refractivity contribution in [3.8, 4) is 0 Å². The van der Waals surface area contributed by atoms with Crippen LogP contribution in [-0.4, -0.2) is 58.6 Å². The average Bonchev–Trinajstić information content (AvgIpc) is 3.28. The minimum Gasteiger partial charge on any atom is -0.379 e. The molecule has 0 radical (unpaired) electrons. The molecule has 3 aromatic carbocycles. The lowest BCUT2D eigenvalue weighted by Crippen LogP contribution is -2.43. The summed E-state index contributed by atoms with van der Waals surface area (Å²) in [5, 5.41) is 11.6. The molecule has 1 fully saturated rings. The number of ether oxygens (including phenoxy) is 1. The fourth-order valence-electron chi connectivity index (χ4n) is 4.28. The predicted molar refractivity (Wildman–Crippen MR) is 127 cm³/mol. The van der Waals surface area contributed by atoms with E-state index in [4.69, 9.17) is 4.74 Å². The Bertz CT molecular complexity index is 1200. The molecule has 7 heteroatoms. The van der Waals surface area contributed by atoms with Crippen molar-refractivity contribution in [3.05, 3.63) is 95.6 Å². The molecule has 1 atom stereocenters. The highest BCUT2D eigenvalue weighted by Gasteiger charge is 2.23. The zero-order valence-corrected chi connectivity index (χ0v) is 18.4. The third-order valence-electron chi connectivity index (χ3n) is 6.10. The summed E-state index contributed by atoms with van der Waals surface area (Å²) in [6.45, 7) is 4.33. The second kappa shape index (κ2) is 9.94. The van der Waals surface area contributed by atoms with Gasteiger partial charge >= 0.3 is 0 Å². The molecule has 1 aliphatic rings. The molecule has 0 aliphatic carbocycles. The van der Waals surface area contributed by atoms with E-state index in [1.807, 2.05) is 71.4 Å². The van der Waals surface area contributed by atoms with E-state index in [1.54, 1.807) is 0 Å². The Balaban J connectivity index is 1.24. The highest BCUT2D eigenvalue weighted by molar-refractivity contribution is 5.94. The first-order valence-electron chi connectivity index (χ1n) is 11.3. The van der Waals surface area contributed by atoms with Crippen LogP contribution in [0.25, 0.3) is 11.0 Å². The average molecular weight is 442 g/mol. The molecule has 0 spiro atoms. The molecule has 0 saturated carbocycles. The number of aromatic nitrogens is 3. The largest absolute Gasteiger partial charge is 0.379 e. The number of morpholine rings is 1. The van der Waals surface area contributed by atoms with Crippen LogP contribution in [0.5, 0.6) is 0 Å². The monoisotopic (exact) mass is 441 g/mol. The van der Waals surface area contributed by atoms with Gasteiger partial charge in [0.05, 0.1) is 31.3 Å². The molecule has 5 rings (SSSR count). The molecular formula is C26H27N5O2. The molecule has 1 unspecified atom stereocenters. The van der Waals surface area contributed by atoms with Gasteiger partial charge in [0.15, 0.2) is 0 Å². The molecule has 33 heavy (non-hydrogen) atoms. The predicted octanol–water partition coefficient (Wildman–Crippen LogP) is 3.28. The fourth-order valence-corrected chi connectivity index (χ4v) is 4.28. The molecular weight excluding hydrogens is 414 g/mol. The van der Waals surface area contributed by atoms with Crippen LogP contribution in [0.4, 0.5) is 0 Å². The van der Waals surface area contributed by atoms with Gasteiger partial charge in [0.25, 0.3) is 5.91 Å². The molecule has 1 saturated heterocycles. The summed E-state index contributed by atoms with van der Waals surface area (Å²) in [6.07, 6.45) is 0. The van der Waals surface area contributed by atoms with Crippen LogP contribution in [0.2, 0.25) is 0 Å². The van der Waals surface area contributed by atoms with E-state index >= 15 is 0 Å². The van der Waals surface area contributed by atoms with Gasteiger partial charge in [0, 0.05) is 25.2 Å². The second-order valence-corrected chi connectivity index (χ2v) is 8.22. The Labute approximate surface area is 193 Å². The summed E-state index contributed by atoms with van der Waals surface area (Å²) in [5.74, 6) is -0.0676. The van der Waals surface area contributed by atoms with Gasteiger partial charge in [0.2, 0.25) is 0 Å². The third-order valence-corrected chi connectivity index (χ3v) is 6.10. The lowest BCUT2D eigenvalue weighted by molar-refractivity contribution is 0.0162. The van der Waals surface area contributed by atoms with E-state index in [9.17, 15) is 4.79 Å². The molecule has 1 aromatic heterocycles. The molecule has 168 valence electrons. The molecule has 1 aliphatic heterocycles. The summed E-state index contributed by atoms with van der Waals surface area (Å²) in [6, 6.07) is 26.1. The topological polar surface area (TPSA) is 72.3 Å². The van der Waals surface area contributed by atoms with E-state index in [0.29, 0.717) is 18.7 Å². The lowest BCUT2D eigenvalue weighted by atomic mass is 10.0. The van der Waals surface area contributed by atoms with Crippen LogP contribution in [0, 0.1) is 0 Å². The maximum absolute atomic E-state index is 12.9. The number of amides is 1. The van der Waals surface area contributed by atoms with Gasteiger partial charge in [-0.2, -0.15) is 0 Å². The summed E-state index contributed by atoms with van der Waals surface area (Å²) in [7, 11) is 0. The quantitative estimate of drug-likeness (QED) is 0.477. The summed E-state index contributed by atoms with van der Waals surface area (Å²) >= 11 is 0. The van der Waals surface area contributed by atoms with Crippen LogP contribution in [0.1, 0.15) is 27.5 Å². The number of para-hydroxylation sites is 1. The first-order valence-corrected chi connectivity index (χ1v) is 11.3. The van der Waals surface area contributed by atoms with Crippen molar-refractivity contribution in [1.29, 1.82) is 0 Å². The Hall–Kier alpha value is -3.55. The summed E-state index contributed by atoms with van der Waals surface area (Å²) < 4.78 is 7.39. The third kappa shape index (κ3) is 4.94. The van der Waals surface area contributed by atoms with Gasteiger partial charge in [-0.05, 0) is 35.4 Å². The Kier molecular flexibility index (Phi) is 6.41.